The first-order valence-electron chi connectivity index (χ1n) is 3.78. The average molecular weight is 291 g/mol. The van der Waals surface area contributed by atoms with Crippen LogP contribution in [-0.2, 0) is 11.3 Å². The summed E-state index contributed by atoms with van der Waals surface area (Å²) in [7, 11) is 1.38. The number of hydrogen-bond donors (Lipinski definition) is 1. The highest BCUT2D eigenvalue weighted by Crippen LogP contribution is 2.05. The highest BCUT2D eigenvalue weighted by atomic mass is 127. The average Bonchev–Trinajstić information content (AvgIpc) is 2.18. The van der Waals surface area contributed by atoms with Crippen molar-refractivity contribution >= 4 is 28.8 Å². The second-order valence-corrected chi connectivity index (χ2v) is 3.26. The van der Waals surface area contributed by atoms with Gasteiger partial charge in [-0.15, -0.1) is 0 Å². The molecule has 0 aliphatic rings. The fraction of sp³-hybridized carbons (Fsp3) is 0.222. The summed E-state index contributed by atoms with van der Waals surface area (Å²) in [5.74, 6) is -0.297. The summed E-state index contributed by atoms with van der Waals surface area (Å²) in [4.78, 5) is 11.0. The summed E-state index contributed by atoms with van der Waals surface area (Å²) in [5, 5.41) is 0. The van der Waals surface area contributed by atoms with E-state index in [9.17, 15) is 4.79 Å². The van der Waals surface area contributed by atoms with Crippen molar-refractivity contribution in [2.45, 2.75) is 6.54 Å². The van der Waals surface area contributed by atoms with E-state index in [0.29, 0.717) is 5.56 Å². The van der Waals surface area contributed by atoms with E-state index < -0.39 is 0 Å². The topological polar surface area (TPSA) is 38.3 Å². The molecular formula is C9H10INO2. The zero-order chi connectivity index (χ0) is 9.68. The van der Waals surface area contributed by atoms with Gasteiger partial charge in [0.1, 0.15) is 0 Å². The molecule has 0 heterocycles. The molecule has 0 atom stereocenters. The van der Waals surface area contributed by atoms with Crippen molar-refractivity contribution in [2.75, 3.05) is 7.11 Å². The molecule has 1 N–H and O–H groups in total. The number of halogens is 1. The number of methoxy groups -OCH3 is 1. The highest BCUT2D eigenvalue weighted by molar-refractivity contribution is 14.1. The van der Waals surface area contributed by atoms with Gasteiger partial charge in [-0.2, -0.15) is 0 Å². The van der Waals surface area contributed by atoms with E-state index >= 15 is 0 Å². The van der Waals surface area contributed by atoms with Crippen LogP contribution in [0.1, 0.15) is 15.9 Å². The molecule has 0 aliphatic carbocycles. The molecule has 0 bridgehead atoms. The Balaban J connectivity index is 2.75. The zero-order valence-electron chi connectivity index (χ0n) is 7.21. The van der Waals surface area contributed by atoms with Crippen molar-refractivity contribution < 1.29 is 9.53 Å². The zero-order valence-corrected chi connectivity index (χ0v) is 9.37. The van der Waals surface area contributed by atoms with Gasteiger partial charge in [-0.1, -0.05) is 12.1 Å². The molecule has 13 heavy (non-hydrogen) atoms. The van der Waals surface area contributed by atoms with Crippen LogP contribution >= 0.6 is 22.9 Å². The van der Waals surface area contributed by atoms with E-state index in [1.54, 1.807) is 12.1 Å². The van der Waals surface area contributed by atoms with Crippen LogP contribution in [0.15, 0.2) is 24.3 Å². The van der Waals surface area contributed by atoms with E-state index in [1.807, 2.05) is 12.1 Å². The normalized spacial score (nSPS) is 9.69. The highest BCUT2D eigenvalue weighted by Gasteiger charge is 2.03. The first-order valence-corrected chi connectivity index (χ1v) is 4.86. The molecule has 1 aromatic rings. The minimum absolute atomic E-state index is 0.297. The summed E-state index contributed by atoms with van der Waals surface area (Å²) in [6.45, 7) is 0.794. The van der Waals surface area contributed by atoms with Crippen molar-refractivity contribution in [2.24, 2.45) is 0 Å². The number of carbonyl (C=O) groups is 1. The Kier molecular flexibility index (Phi) is 4.17. The van der Waals surface area contributed by atoms with Gasteiger partial charge in [-0.3, -0.25) is 3.53 Å². The summed E-state index contributed by atoms with van der Waals surface area (Å²) in [5.41, 5.74) is 1.72. The molecule has 0 aromatic heterocycles. The number of carbonyl (C=O) groups excluding carboxylic acids is 1. The fourth-order valence-electron chi connectivity index (χ4n) is 0.954. The van der Waals surface area contributed by atoms with Crippen LogP contribution in [0.5, 0.6) is 0 Å². The molecule has 1 aromatic carbocycles. The number of benzene rings is 1. The molecule has 0 saturated heterocycles. The lowest BCUT2D eigenvalue weighted by Gasteiger charge is -2.01. The summed E-state index contributed by atoms with van der Waals surface area (Å²) < 4.78 is 7.58. The second-order valence-electron chi connectivity index (χ2n) is 2.50. The van der Waals surface area contributed by atoms with Crippen LogP contribution in [0.2, 0.25) is 0 Å². The molecule has 1 rings (SSSR count). The van der Waals surface area contributed by atoms with Crippen LogP contribution in [-0.4, -0.2) is 13.1 Å². The lowest BCUT2D eigenvalue weighted by molar-refractivity contribution is 0.0600. The van der Waals surface area contributed by atoms with Gasteiger partial charge >= 0.3 is 5.97 Å². The summed E-state index contributed by atoms with van der Waals surface area (Å²) >= 11 is 2.08. The van der Waals surface area contributed by atoms with Crippen LogP contribution < -0.4 is 3.53 Å². The van der Waals surface area contributed by atoms with E-state index in [4.69, 9.17) is 0 Å². The monoisotopic (exact) mass is 291 g/mol. The largest absolute Gasteiger partial charge is 0.465 e. The predicted octanol–water partition coefficient (Wildman–Crippen LogP) is 1.91. The van der Waals surface area contributed by atoms with Crippen LogP contribution in [0.25, 0.3) is 0 Å². The predicted molar refractivity (Wildman–Crippen MR) is 58.6 cm³/mol. The van der Waals surface area contributed by atoms with Gasteiger partial charge in [-0.05, 0) is 17.7 Å². The van der Waals surface area contributed by atoms with E-state index in [-0.39, 0.29) is 5.97 Å². The standard InChI is InChI=1S/C9H10INO2/c1-13-9(12)8-4-2-7(3-5-8)6-11-10/h2-5,11H,6H2,1H3. The van der Waals surface area contributed by atoms with Gasteiger partial charge in [0.25, 0.3) is 0 Å². The minimum Gasteiger partial charge on any atom is -0.465 e. The quantitative estimate of drug-likeness (QED) is 0.525. The van der Waals surface area contributed by atoms with Crippen molar-refractivity contribution in [3.63, 3.8) is 0 Å². The van der Waals surface area contributed by atoms with Crippen molar-refractivity contribution in [1.29, 1.82) is 0 Å². The molecule has 70 valence electrons. The third-order valence-corrected chi connectivity index (χ3v) is 2.03. The molecule has 0 saturated carbocycles. The van der Waals surface area contributed by atoms with Crippen LogP contribution in [0.3, 0.4) is 0 Å². The van der Waals surface area contributed by atoms with Gasteiger partial charge in [0.05, 0.1) is 12.7 Å². The molecular weight excluding hydrogens is 281 g/mol. The van der Waals surface area contributed by atoms with Gasteiger partial charge < -0.3 is 4.74 Å². The fourth-order valence-corrected chi connectivity index (χ4v) is 1.39. The Morgan fingerprint density at radius 1 is 1.46 bits per heavy atom. The van der Waals surface area contributed by atoms with Gasteiger partial charge in [0.2, 0.25) is 0 Å². The van der Waals surface area contributed by atoms with Gasteiger partial charge in [0.15, 0.2) is 0 Å². The molecule has 0 spiro atoms. The molecule has 3 nitrogen and oxygen atoms in total. The molecule has 4 heteroatoms. The minimum atomic E-state index is -0.297. The summed E-state index contributed by atoms with van der Waals surface area (Å²) in [6, 6.07) is 7.32. The van der Waals surface area contributed by atoms with Crippen molar-refractivity contribution in [3.8, 4) is 0 Å². The van der Waals surface area contributed by atoms with E-state index in [1.165, 1.54) is 7.11 Å². The molecule has 0 aliphatic heterocycles. The first kappa shape index (κ1) is 10.5. The Morgan fingerprint density at radius 3 is 2.54 bits per heavy atom. The third kappa shape index (κ3) is 2.96. The number of hydrogen-bond acceptors (Lipinski definition) is 3. The molecule has 0 amide bonds. The lowest BCUT2D eigenvalue weighted by Crippen LogP contribution is -2.02. The van der Waals surface area contributed by atoms with Gasteiger partial charge in [-0.25, -0.2) is 4.79 Å². The molecule has 0 unspecified atom stereocenters. The Morgan fingerprint density at radius 2 is 2.08 bits per heavy atom. The second kappa shape index (κ2) is 5.18. The van der Waals surface area contributed by atoms with Crippen molar-refractivity contribution in [3.05, 3.63) is 35.4 Å². The van der Waals surface area contributed by atoms with Crippen molar-refractivity contribution in [1.82, 2.24) is 3.53 Å². The third-order valence-electron chi connectivity index (χ3n) is 1.65. The lowest BCUT2D eigenvalue weighted by atomic mass is 10.1. The maximum absolute atomic E-state index is 11.0. The van der Waals surface area contributed by atoms with Crippen LogP contribution in [0, 0.1) is 0 Å². The van der Waals surface area contributed by atoms with Crippen LogP contribution in [0.4, 0.5) is 0 Å². The SMILES string of the molecule is COC(=O)c1ccc(CNI)cc1. The Bertz CT molecular complexity index is 284. The maximum Gasteiger partial charge on any atom is 0.337 e. The Labute approximate surface area is 91.0 Å². The van der Waals surface area contributed by atoms with Gasteiger partial charge in [0, 0.05) is 29.4 Å². The van der Waals surface area contributed by atoms with E-state index in [0.717, 1.165) is 12.1 Å². The smallest absolute Gasteiger partial charge is 0.337 e. The number of ether oxygens (including phenoxy) is 1. The Hall–Kier alpha value is -0.620. The number of nitrogens with one attached hydrogen (secondary N) is 1. The maximum atomic E-state index is 11.0. The number of rotatable bonds is 3. The first-order chi connectivity index (χ1) is 6.27. The summed E-state index contributed by atoms with van der Waals surface area (Å²) in [6.07, 6.45) is 0. The number of esters is 1. The molecule has 0 radical (unpaired) electrons. The van der Waals surface area contributed by atoms with E-state index in [2.05, 4.69) is 31.1 Å². The molecule has 0 fully saturated rings.